The van der Waals surface area contributed by atoms with Crippen LogP contribution in [0.5, 0.6) is 0 Å². The third kappa shape index (κ3) is 2.90. The number of esters is 1. The number of carbonyl (C=O) groups is 1. The standard InChI is InChI=1S/C13H13FN2O2S/c1-8-12(19-7-15-8)11(13(17)18-2)16-10-6-4-3-5-9(10)14/h3-7,11,16H,1-2H3. The molecular weight excluding hydrogens is 267 g/mol. The normalized spacial score (nSPS) is 11.9. The van der Waals surface area contributed by atoms with Crippen molar-refractivity contribution in [3.63, 3.8) is 0 Å². The summed E-state index contributed by atoms with van der Waals surface area (Å²) in [6.45, 7) is 1.80. The summed E-state index contributed by atoms with van der Waals surface area (Å²) in [6, 6.07) is 5.43. The van der Waals surface area contributed by atoms with Crippen LogP contribution in [0.3, 0.4) is 0 Å². The van der Waals surface area contributed by atoms with E-state index in [1.807, 2.05) is 0 Å². The highest BCUT2D eigenvalue weighted by Crippen LogP contribution is 2.27. The SMILES string of the molecule is COC(=O)C(Nc1ccccc1F)c1scnc1C. The van der Waals surface area contributed by atoms with Gasteiger partial charge in [0.2, 0.25) is 0 Å². The van der Waals surface area contributed by atoms with E-state index in [9.17, 15) is 9.18 Å². The molecule has 0 amide bonds. The fraction of sp³-hybridized carbons (Fsp3) is 0.231. The molecule has 0 bridgehead atoms. The van der Waals surface area contributed by atoms with Crippen molar-refractivity contribution in [1.29, 1.82) is 0 Å². The molecule has 1 aromatic carbocycles. The van der Waals surface area contributed by atoms with Gasteiger partial charge in [-0.05, 0) is 19.1 Å². The molecule has 1 heterocycles. The Morgan fingerprint density at radius 3 is 2.79 bits per heavy atom. The molecule has 0 aliphatic heterocycles. The maximum absolute atomic E-state index is 13.6. The minimum atomic E-state index is -0.755. The molecule has 0 fully saturated rings. The number of thiazole rings is 1. The average Bonchev–Trinajstić information content (AvgIpc) is 2.83. The summed E-state index contributed by atoms with van der Waals surface area (Å²) in [6.07, 6.45) is 0. The van der Waals surface area contributed by atoms with Gasteiger partial charge in [-0.25, -0.2) is 14.2 Å². The Morgan fingerprint density at radius 1 is 1.47 bits per heavy atom. The summed E-state index contributed by atoms with van der Waals surface area (Å²) < 4.78 is 18.4. The second-order valence-electron chi connectivity index (χ2n) is 3.88. The second kappa shape index (κ2) is 5.79. The lowest BCUT2D eigenvalue weighted by Crippen LogP contribution is -2.22. The van der Waals surface area contributed by atoms with Crippen molar-refractivity contribution in [1.82, 2.24) is 4.98 Å². The second-order valence-corrected chi connectivity index (χ2v) is 4.77. The van der Waals surface area contributed by atoms with Crippen LogP contribution in [0, 0.1) is 12.7 Å². The quantitative estimate of drug-likeness (QED) is 0.875. The Hall–Kier alpha value is -1.95. The number of nitrogens with one attached hydrogen (secondary N) is 1. The van der Waals surface area contributed by atoms with Crippen LogP contribution in [0.25, 0.3) is 0 Å². The van der Waals surface area contributed by atoms with Crippen LogP contribution in [-0.2, 0) is 9.53 Å². The van der Waals surface area contributed by atoms with Gasteiger partial charge in [-0.15, -0.1) is 11.3 Å². The maximum Gasteiger partial charge on any atom is 0.333 e. The number of para-hydroxylation sites is 1. The van der Waals surface area contributed by atoms with Crippen LogP contribution >= 0.6 is 11.3 Å². The highest BCUT2D eigenvalue weighted by Gasteiger charge is 2.25. The van der Waals surface area contributed by atoms with Crippen LogP contribution in [0.4, 0.5) is 10.1 Å². The number of methoxy groups -OCH3 is 1. The molecule has 0 spiro atoms. The van der Waals surface area contributed by atoms with Crippen molar-refractivity contribution >= 4 is 23.0 Å². The number of anilines is 1. The summed E-state index contributed by atoms with van der Waals surface area (Å²) >= 11 is 1.33. The van der Waals surface area contributed by atoms with Crippen LogP contribution < -0.4 is 5.32 Å². The summed E-state index contributed by atoms with van der Waals surface area (Å²) in [5, 5.41) is 2.86. The van der Waals surface area contributed by atoms with Crippen molar-refractivity contribution < 1.29 is 13.9 Å². The lowest BCUT2D eigenvalue weighted by atomic mass is 10.2. The van der Waals surface area contributed by atoms with Gasteiger partial charge >= 0.3 is 5.97 Å². The van der Waals surface area contributed by atoms with Crippen LogP contribution in [0.1, 0.15) is 16.6 Å². The van der Waals surface area contributed by atoms with Gasteiger partial charge in [-0.3, -0.25) is 0 Å². The van der Waals surface area contributed by atoms with Gasteiger partial charge in [-0.1, -0.05) is 12.1 Å². The van der Waals surface area contributed by atoms with E-state index in [0.717, 1.165) is 10.6 Å². The summed E-state index contributed by atoms with van der Waals surface area (Å²) in [7, 11) is 1.30. The molecule has 6 heteroatoms. The van der Waals surface area contributed by atoms with Crippen LogP contribution in [-0.4, -0.2) is 18.1 Å². The van der Waals surface area contributed by atoms with E-state index in [1.165, 1.54) is 24.5 Å². The molecule has 0 aliphatic carbocycles. The molecule has 0 radical (unpaired) electrons. The Balaban J connectivity index is 2.33. The number of rotatable bonds is 4. The Morgan fingerprint density at radius 2 is 2.21 bits per heavy atom. The average molecular weight is 280 g/mol. The number of nitrogens with zero attached hydrogens (tertiary/aromatic N) is 1. The molecule has 1 N–H and O–H groups in total. The number of benzene rings is 1. The van der Waals surface area contributed by atoms with Gasteiger partial charge in [-0.2, -0.15) is 0 Å². The van der Waals surface area contributed by atoms with Gasteiger partial charge in [0.05, 0.1) is 28.9 Å². The van der Waals surface area contributed by atoms with Crippen molar-refractivity contribution in [2.75, 3.05) is 12.4 Å². The third-order valence-electron chi connectivity index (χ3n) is 2.66. The smallest absolute Gasteiger partial charge is 0.333 e. The van der Waals surface area contributed by atoms with E-state index in [0.29, 0.717) is 0 Å². The fourth-order valence-electron chi connectivity index (χ4n) is 1.67. The van der Waals surface area contributed by atoms with Gasteiger partial charge < -0.3 is 10.1 Å². The highest BCUT2D eigenvalue weighted by atomic mass is 32.1. The molecule has 100 valence electrons. The lowest BCUT2D eigenvalue weighted by molar-refractivity contribution is -0.141. The van der Waals surface area contributed by atoms with Crippen LogP contribution in [0.2, 0.25) is 0 Å². The van der Waals surface area contributed by atoms with E-state index >= 15 is 0 Å². The van der Waals surface area contributed by atoms with Crippen molar-refractivity contribution in [3.8, 4) is 0 Å². The molecule has 1 atom stereocenters. The fourth-order valence-corrected chi connectivity index (χ4v) is 2.51. The minimum absolute atomic E-state index is 0.255. The maximum atomic E-state index is 13.6. The summed E-state index contributed by atoms with van der Waals surface area (Å²) in [5.74, 6) is -0.894. The zero-order chi connectivity index (χ0) is 13.8. The predicted molar refractivity (Wildman–Crippen MR) is 71.6 cm³/mol. The van der Waals surface area contributed by atoms with Gasteiger partial charge in [0.1, 0.15) is 5.82 Å². The zero-order valence-corrected chi connectivity index (χ0v) is 11.3. The molecule has 19 heavy (non-hydrogen) atoms. The number of aromatic nitrogens is 1. The number of halogens is 1. The molecule has 4 nitrogen and oxygen atoms in total. The minimum Gasteiger partial charge on any atom is -0.467 e. The van der Waals surface area contributed by atoms with E-state index in [-0.39, 0.29) is 5.69 Å². The number of hydrogen-bond donors (Lipinski definition) is 1. The summed E-state index contributed by atoms with van der Waals surface area (Å²) in [4.78, 5) is 16.7. The predicted octanol–water partition coefficient (Wildman–Crippen LogP) is 2.92. The molecule has 1 unspecified atom stereocenters. The molecule has 0 saturated carbocycles. The van der Waals surface area contributed by atoms with E-state index < -0.39 is 17.8 Å². The Kier molecular flexibility index (Phi) is 4.11. The van der Waals surface area contributed by atoms with Crippen LogP contribution in [0.15, 0.2) is 29.8 Å². The van der Waals surface area contributed by atoms with E-state index in [4.69, 9.17) is 4.74 Å². The molecule has 0 aliphatic rings. The number of carbonyl (C=O) groups excluding carboxylic acids is 1. The Labute approximate surface area is 114 Å². The van der Waals surface area contributed by atoms with Crippen molar-refractivity contribution in [2.24, 2.45) is 0 Å². The van der Waals surface area contributed by atoms with E-state index in [1.54, 1.807) is 30.6 Å². The molecular formula is C13H13FN2O2S. The van der Waals surface area contributed by atoms with Crippen molar-refractivity contribution in [3.05, 3.63) is 46.2 Å². The lowest BCUT2D eigenvalue weighted by Gasteiger charge is -2.17. The third-order valence-corrected chi connectivity index (χ3v) is 3.65. The first kappa shape index (κ1) is 13.5. The summed E-state index contributed by atoms with van der Waals surface area (Å²) in [5.41, 5.74) is 2.62. The zero-order valence-electron chi connectivity index (χ0n) is 10.5. The number of hydrogen-bond acceptors (Lipinski definition) is 5. The molecule has 2 rings (SSSR count). The first-order chi connectivity index (χ1) is 9.13. The first-order valence-corrected chi connectivity index (χ1v) is 6.50. The van der Waals surface area contributed by atoms with Gasteiger partial charge in [0, 0.05) is 0 Å². The molecule has 1 aromatic heterocycles. The highest BCUT2D eigenvalue weighted by molar-refractivity contribution is 7.10. The topological polar surface area (TPSA) is 51.2 Å². The molecule has 0 saturated heterocycles. The monoisotopic (exact) mass is 280 g/mol. The Bertz CT molecular complexity index is 586. The number of aryl methyl sites for hydroxylation is 1. The number of ether oxygens (including phenoxy) is 1. The molecule has 2 aromatic rings. The van der Waals surface area contributed by atoms with E-state index in [2.05, 4.69) is 10.3 Å². The largest absolute Gasteiger partial charge is 0.467 e. The van der Waals surface area contributed by atoms with Gasteiger partial charge in [0.15, 0.2) is 6.04 Å². The first-order valence-electron chi connectivity index (χ1n) is 5.62. The van der Waals surface area contributed by atoms with Crippen molar-refractivity contribution in [2.45, 2.75) is 13.0 Å². The van der Waals surface area contributed by atoms with Gasteiger partial charge in [0.25, 0.3) is 0 Å².